The number of carbonyl (C=O) groups excluding carboxylic acids is 1. The predicted octanol–water partition coefficient (Wildman–Crippen LogP) is 1.46. The summed E-state index contributed by atoms with van der Waals surface area (Å²) in [6.45, 7) is 0. The van der Waals surface area contributed by atoms with Crippen molar-refractivity contribution in [2.45, 2.75) is 44.9 Å². The smallest absolute Gasteiger partial charge is 0.244 e. The highest BCUT2D eigenvalue weighted by molar-refractivity contribution is 7.80. The van der Waals surface area contributed by atoms with Crippen LogP contribution >= 0.6 is 12.2 Å². The molecule has 0 saturated heterocycles. The zero-order valence-electron chi connectivity index (χ0n) is 10.6. The summed E-state index contributed by atoms with van der Waals surface area (Å²) in [4.78, 5) is 12.5. The van der Waals surface area contributed by atoms with Crippen LogP contribution < -0.4 is 16.6 Å². The Morgan fingerprint density at radius 1 is 1.06 bits per heavy atom. The van der Waals surface area contributed by atoms with E-state index in [4.69, 9.17) is 18.0 Å². The minimum atomic E-state index is -0.148. The molecular weight excluding hydrogens is 246 g/mol. The maximum absolute atomic E-state index is 12.5. The number of carbonyl (C=O) groups is 1. The molecular formula is C13H21N3OS. The summed E-state index contributed by atoms with van der Waals surface area (Å²) in [5.41, 5.74) is 10.5. The van der Waals surface area contributed by atoms with Crippen molar-refractivity contribution in [3.63, 3.8) is 0 Å². The molecule has 100 valence electrons. The molecule has 4 N–H and O–H groups in total. The molecule has 4 aliphatic carbocycles. The van der Waals surface area contributed by atoms with Gasteiger partial charge in [0.25, 0.3) is 0 Å². The molecule has 0 aromatic rings. The summed E-state index contributed by atoms with van der Waals surface area (Å²) in [6, 6.07) is 0. The van der Waals surface area contributed by atoms with Crippen LogP contribution in [0.4, 0.5) is 0 Å². The molecule has 0 spiro atoms. The third kappa shape index (κ3) is 2.09. The first-order valence-electron chi connectivity index (χ1n) is 6.93. The number of hydrogen-bond acceptors (Lipinski definition) is 2. The van der Waals surface area contributed by atoms with Crippen LogP contribution in [0.3, 0.4) is 0 Å². The van der Waals surface area contributed by atoms with Gasteiger partial charge in [0.15, 0.2) is 5.11 Å². The van der Waals surface area contributed by atoms with E-state index in [1.807, 2.05) is 0 Å². The number of nitrogens with one attached hydrogen (secondary N) is 2. The van der Waals surface area contributed by atoms with Crippen molar-refractivity contribution in [1.82, 2.24) is 10.9 Å². The molecule has 5 heteroatoms. The highest BCUT2D eigenvalue weighted by Gasteiger charge is 2.52. The SMILES string of the molecule is NC(=S)NNC(=O)C12CC3CCC(CC(C3)C1)C2. The van der Waals surface area contributed by atoms with Gasteiger partial charge in [0.1, 0.15) is 0 Å². The van der Waals surface area contributed by atoms with Crippen LogP contribution in [0.15, 0.2) is 0 Å². The molecule has 0 heterocycles. The standard InChI is InChI=1S/C13H21N3OS/c14-12(18)16-15-11(17)13-5-8-1-2-9(6-13)4-10(3-8)7-13/h8-10H,1-7H2,(H,15,17)(H3,14,16,18). The van der Waals surface area contributed by atoms with E-state index >= 15 is 0 Å². The second-order valence-corrected chi connectivity index (χ2v) is 6.92. The minimum Gasteiger partial charge on any atom is -0.375 e. The number of hydrogen-bond donors (Lipinski definition) is 3. The zero-order valence-corrected chi connectivity index (χ0v) is 11.4. The fourth-order valence-electron chi connectivity index (χ4n) is 4.72. The molecule has 2 unspecified atom stereocenters. The molecule has 18 heavy (non-hydrogen) atoms. The van der Waals surface area contributed by atoms with Gasteiger partial charge >= 0.3 is 0 Å². The first-order chi connectivity index (χ1) is 8.57. The average molecular weight is 267 g/mol. The number of hydrazine groups is 1. The average Bonchev–Trinajstić information content (AvgIpc) is 2.52. The van der Waals surface area contributed by atoms with Crippen LogP contribution in [0.25, 0.3) is 0 Å². The predicted molar refractivity (Wildman–Crippen MR) is 73.3 cm³/mol. The lowest BCUT2D eigenvalue weighted by molar-refractivity contribution is -0.139. The Morgan fingerprint density at radius 3 is 2.17 bits per heavy atom. The Labute approximate surface area is 113 Å². The Hall–Kier alpha value is -0.840. The molecule has 4 rings (SSSR count). The molecule has 0 radical (unpaired) electrons. The van der Waals surface area contributed by atoms with Gasteiger partial charge in [-0.05, 0) is 62.1 Å². The van der Waals surface area contributed by atoms with Gasteiger partial charge in [-0.25, -0.2) is 0 Å². The summed E-state index contributed by atoms with van der Waals surface area (Å²) in [6.07, 6.45) is 8.50. The van der Waals surface area contributed by atoms with Gasteiger partial charge in [-0.15, -0.1) is 0 Å². The van der Waals surface area contributed by atoms with E-state index in [1.54, 1.807) is 0 Å². The number of nitrogens with two attached hydrogens (primary N) is 1. The normalized spacial score (nSPS) is 41.2. The van der Waals surface area contributed by atoms with Crippen molar-refractivity contribution >= 4 is 23.2 Å². The molecule has 1 amide bonds. The van der Waals surface area contributed by atoms with Crippen molar-refractivity contribution < 1.29 is 4.79 Å². The molecule has 4 saturated carbocycles. The summed E-state index contributed by atoms with van der Waals surface area (Å²) >= 11 is 4.74. The number of fused-ring (bicyclic) bond motifs is 1. The molecule has 4 nitrogen and oxygen atoms in total. The lowest BCUT2D eigenvalue weighted by Gasteiger charge is -2.46. The molecule has 4 bridgehead atoms. The minimum absolute atomic E-state index is 0.108. The maximum Gasteiger partial charge on any atom is 0.244 e. The molecule has 4 aliphatic rings. The highest BCUT2D eigenvalue weighted by atomic mass is 32.1. The second-order valence-electron chi connectivity index (χ2n) is 6.48. The quantitative estimate of drug-likeness (QED) is 0.497. The van der Waals surface area contributed by atoms with E-state index in [9.17, 15) is 4.79 Å². The van der Waals surface area contributed by atoms with E-state index in [0.717, 1.165) is 37.0 Å². The molecule has 4 fully saturated rings. The molecule has 0 aromatic heterocycles. The summed E-state index contributed by atoms with van der Waals surface area (Å²) in [7, 11) is 0. The Kier molecular flexibility index (Phi) is 2.96. The van der Waals surface area contributed by atoms with Gasteiger partial charge in [0.05, 0.1) is 5.41 Å². The van der Waals surface area contributed by atoms with Crippen LogP contribution in [-0.2, 0) is 4.79 Å². The fraction of sp³-hybridized carbons (Fsp3) is 0.846. The van der Waals surface area contributed by atoms with Crippen molar-refractivity contribution in [3.05, 3.63) is 0 Å². The first-order valence-corrected chi connectivity index (χ1v) is 7.34. The second kappa shape index (κ2) is 4.37. The monoisotopic (exact) mass is 267 g/mol. The van der Waals surface area contributed by atoms with Gasteiger partial charge < -0.3 is 5.73 Å². The topological polar surface area (TPSA) is 67.2 Å². The number of thiocarbonyl (C=S) groups is 1. The van der Waals surface area contributed by atoms with Crippen molar-refractivity contribution in [2.75, 3.05) is 0 Å². The number of rotatable bonds is 1. The summed E-state index contributed by atoms with van der Waals surface area (Å²) in [5.74, 6) is 2.39. The van der Waals surface area contributed by atoms with Gasteiger partial charge in [0, 0.05) is 0 Å². The van der Waals surface area contributed by atoms with E-state index in [1.165, 1.54) is 25.7 Å². The van der Waals surface area contributed by atoms with Gasteiger partial charge in [0.2, 0.25) is 5.91 Å². The van der Waals surface area contributed by atoms with Crippen molar-refractivity contribution in [3.8, 4) is 0 Å². The lowest BCUT2D eigenvalue weighted by atomic mass is 9.58. The largest absolute Gasteiger partial charge is 0.375 e. The highest BCUT2D eigenvalue weighted by Crippen LogP contribution is 2.57. The van der Waals surface area contributed by atoms with Crippen LogP contribution in [0.5, 0.6) is 0 Å². The number of amides is 1. The summed E-state index contributed by atoms with van der Waals surface area (Å²) in [5, 5.41) is 0.130. The lowest BCUT2D eigenvalue weighted by Crippen LogP contribution is -2.54. The molecule has 0 aliphatic heterocycles. The van der Waals surface area contributed by atoms with E-state index in [-0.39, 0.29) is 16.4 Å². The van der Waals surface area contributed by atoms with E-state index in [2.05, 4.69) is 10.9 Å². The van der Waals surface area contributed by atoms with Crippen LogP contribution in [-0.4, -0.2) is 11.0 Å². The Morgan fingerprint density at radius 2 is 1.61 bits per heavy atom. The fourth-order valence-corrected chi connectivity index (χ4v) is 4.77. The van der Waals surface area contributed by atoms with Gasteiger partial charge in [-0.3, -0.25) is 15.6 Å². The van der Waals surface area contributed by atoms with Gasteiger partial charge in [-0.1, -0.05) is 12.8 Å². The third-order valence-corrected chi connectivity index (χ3v) is 5.24. The van der Waals surface area contributed by atoms with Gasteiger partial charge in [-0.2, -0.15) is 0 Å². The van der Waals surface area contributed by atoms with E-state index < -0.39 is 0 Å². The van der Waals surface area contributed by atoms with Crippen LogP contribution in [0.1, 0.15) is 44.9 Å². The van der Waals surface area contributed by atoms with Crippen LogP contribution in [0, 0.1) is 23.2 Å². The molecule has 2 atom stereocenters. The first kappa shape index (κ1) is 12.2. The maximum atomic E-state index is 12.5. The van der Waals surface area contributed by atoms with E-state index in [0.29, 0.717) is 0 Å². The Balaban J connectivity index is 1.77. The van der Waals surface area contributed by atoms with Crippen molar-refractivity contribution in [1.29, 1.82) is 0 Å². The molecule has 0 aromatic carbocycles. The van der Waals surface area contributed by atoms with Crippen molar-refractivity contribution in [2.24, 2.45) is 28.9 Å². The zero-order chi connectivity index (χ0) is 12.8. The summed E-state index contributed by atoms with van der Waals surface area (Å²) < 4.78 is 0. The Bertz CT molecular complexity index is 368. The van der Waals surface area contributed by atoms with Crippen LogP contribution in [0.2, 0.25) is 0 Å². The third-order valence-electron chi connectivity index (χ3n) is 5.14.